The van der Waals surface area contributed by atoms with Crippen LogP contribution in [0.15, 0.2) is 35.1 Å². The van der Waals surface area contributed by atoms with Crippen LogP contribution in [0.25, 0.3) is 0 Å². The van der Waals surface area contributed by atoms with Crippen LogP contribution in [0.2, 0.25) is 0 Å². The summed E-state index contributed by atoms with van der Waals surface area (Å²) < 4.78 is 2.87. The Bertz CT molecular complexity index is 536. The zero-order valence-corrected chi connectivity index (χ0v) is 12.2. The van der Waals surface area contributed by atoms with E-state index in [1.807, 2.05) is 36.3 Å². The Balaban J connectivity index is 2.23. The second kappa shape index (κ2) is 5.54. The molecular weight excluding hydrogens is 292 g/mol. The number of nitrogens with zero attached hydrogens (tertiary/aromatic N) is 3. The summed E-state index contributed by atoms with van der Waals surface area (Å²) in [6.45, 7) is 1.34. The summed E-state index contributed by atoms with van der Waals surface area (Å²) in [5, 5.41) is 4.18. The second-order valence-electron chi connectivity index (χ2n) is 4.32. The zero-order chi connectivity index (χ0) is 13.1. The SMILES string of the molecule is CN(Cc1cnn(C)c1)c1cccc(Br)c1CN. The summed E-state index contributed by atoms with van der Waals surface area (Å²) in [5.41, 5.74) is 9.27. The summed E-state index contributed by atoms with van der Waals surface area (Å²) in [7, 11) is 3.99. The molecule has 2 rings (SSSR count). The molecule has 18 heavy (non-hydrogen) atoms. The first-order chi connectivity index (χ1) is 8.61. The van der Waals surface area contributed by atoms with Crippen molar-refractivity contribution in [2.75, 3.05) is 11.9 Å². The molecule has 2 N–H and O–H groups in total. The van der Waals surface area contributed by atoms with E-state index >= 15 is 0 Å². The fourth-order valence-electron chi connectivity index (χ4n) is 2.02. The van der Waals surface area contributed by atoms with E-state index in [-0.39, 0.29) is 0 Å². The van der Waals surface area contributed by atoms with E-state index in [2.05, 4.69) is 39.0 Å². The van der Waals surface area contributed by atoms with Crippen molar-refractivity contribution in [2.24, 2.45) is 12.8 Å². The maximum Gasteiger partial charge on any atom is 0.0539 e. The highest BCUT2D eigenvalue weighted by molar-refractivity contribution is 9.10. The van der Waals surface area contributed by atoms with E-state index in [0.29, 0.717) is 6.54 Å². The van der Waals surface area contributed by atoms with E-state index in [9.17, 15) is 0 Å². The summed E-state index contributed by atoms with van der Waals surface area (Å²) >= 11 is 3.54. The third-order valence-electron chi connectivity index (χ3n) is 2.89. The first-order valence-electron chi connectivity index (χ1n) is 5.78. The van der Waals surface area contributed by atoms with Gasteiger partial charge in [-0.25, -0.2) is 0 Å². The number of anilines is 1. The fourth-order valence-corrected chi connectivity index (χ4v) is 2.54. The molecule has 0 aliphatic rings. The number of halogens is 1. The molecule has 1 aromatic heterocycles. The van der Waals surface area contributed by atoms with Gasteiger partial charge in [0.15, 0.2) is 0 Å². The fraction of sp³-hybridized carbons (Fsp3) is 0.308. The molecule has 0 radical (unpaired) electrons. The van der Waals surface area contributed by atoms with Gasteiger partial charge in [0.1, 0.15) is 0 Å². The van der Waals surface area contributed by atoms with Gasteiger partial charge in [0, 0.05) is 54.7 Å². The standard InChI is InChI=1S/C13H17BrN4/c1-17(8-10-7-16-18(2)9-10)13-5-3-4-12(14)11(13)6-15/h3-5,7,9H,6,8,15H2,1-2H3. The van der Waals surface area contributed by atoms with Gasteiger partial charge in [0.05, 0.1) is 6.20 Å². The van der Waals surface area contributed by atoms with Crippen molar-refractivity contribution >= 4 is 21.6 Å². The molecule has 5 heteroatoms. The molecule has 0 spiro atoms. The van der Waals surface area contributed by atoms with Gasteiger partial charge in [0.2, 0.25) is 0 Å². The maximum atomic E-state index is 5.81. The Morgan fingerprint density at radius 1 is 1.44 bits per heavy atom. The number of hydrogen-bond acceptors (Lipinski definition) is 3. The Hall–Kier alpha value is -1.33. The van der Waals surface area contributed by atoms with Gasteiger partial charge in [-0.15, -0.1) is 0 Å². The minimum Gasteiger partial charge on any atom is -0.370 e. The van der Waals surface area contributed by atoms with Crippen molar-refractivity contribution in [3.8, 4) is 0 Å². The minimum atomic E-state index is 0.522. The maximum absolute atomic E-state index is 5.81. The third kappa shape index (κ3) is 2.73. The highest BCUT2D eigenvalue weighted by Gasteiger charge is 2.10. The third-order valence-corrected chi connectivity index (χ3v) is 3.63. The lowest BCUT2D eigenvalue weighted by atomic mass is 10.1. The molecule has 0 atom stereocenters. The quantitative estimate of drug-likeness (QED) is 0.942. The molecule has 0 amide bonds. The molecule has 0 saturated carbocycles. The van der Waals surface area contributed by atoms with Gasteiger partial charge in [-0.3, -0.25) is 4.68 Å². The number of benzene rings is 1. The van der Waals surface area contributed by atoms with Crippen molar-refractivity contribution in [3.05, 3.63) is 46.2 Å². The molecule has 2 aromatic rings. The lowest BCUT2D eigenvalue weighted by Crippen LogP contribution is -2.19. The average Bonchev–Trinajstić information content (AvgIpc) is 2.74. The minimum absolute atomic E-state index is 0.522. The Morgan fingerprint density at radius 3 is 2.83 bits per heavy atom. The number of hydrogen-bond donors (Lipinski definition) is 1. The van der Waals surface area contributed by atoms with Crippen LogP contribution in [0, 0.1) is 0 Å². The number of nitrogens with two attached hydrogens (primary N) is 1. The first-order valence-corrected chi connectivity index (χ1v) is 6.57. The number of aryl methyl sites for hydroxylation is 1. The van der Waals surface area contributed by atoms with Crippen LogP contribution < -0.4 is 10.6 Å². The monoisotopic (exact) mass is 308 g/mol. The predicted molar refractivity (Wildman–Crippen MR) is 77.3 cm³/mol. The zero-order valence-electron chi connectivity index (χ0n) is 10.6. The second-order valence-corrected chi connectivity index (χ2v) is 5.17. The topological polar surface area (TPSA) is 47.1 Å². The van der Waals surface area contributed by atoms with Crippen LogP contribution >= 0.6 is 15.9 Å². The predicted octanol–water partition coefficient (Wildman–Crippen LogP) is 2.28. The van der Waals surface area contributed by atoms with Crippen molar-refractivity contribution < 1.29 is 0 Å². The Kier molecular flexibility index (Phi) is 4.04. The van der Waals surface area contributed by atoms with Crippen molar-refractivity contribution in [1.29, 1.82) is 0 Å². The molecule has 0 saturated heterocycles. The molecule has 0 aliphatic carbocycles. The van der Waals surface area contributed by atoms with Crippen molar-refractivity contribution in [2.45, 2.75) is 13.1 Å². The largest absolute Gasteiger partial charge is 0.370 e. The molecule has 0 bridgehead atoms. The van der Waals surface area contributed by atoms with Gasteiger partial charge in [-0.05, 0) is 12.1 Å². The number of rotatable bonds is 4. The molecule has 1 heterocycles. The lowest BCUT2D eigenvalue weighted by molar-refractivity contribution is 0.766. The van der Waals surface area contributed by atoms with Gasteiger partial charge in [-0.2, -0.15) is 5.10 Å². The van der Waals surface area contributed by atoms with Gasteiger partial charge < -0.3 is 10.6 Å². The lowest BCUT2D eigenvalue weighted by Gasteiger charge is -2.22. The van der Waals surface area contributed by atoms with Gasteiger partial charge in [-0.1, -0.05) is 22.0 Å². The molecule has 4 nitrogen and oxygen atoms in total. The highest BCUT2D eigenvalue weighted by atomic mass is 79.9. The molecule has 1 aromatic carbocycles. The van der Waals surface area contributed by atoms with Crippen LogP contribution in [0.3, 0.4) is 0 Å². The Labute approximate surface area is 116 Å². The molecule has 96 valence electrons. The molecule has 0 unspecified atom stereocenters. The first kappa shape index (κ1) is 13.1. The van der Waals surface area contributed by atoms with Gasteiger partial charge >= 0.3 is 0 Å². The van der Waals surface area contributed by atoms with Crippen LogP contribution in [-0.2, 0) is 20.1 Å². The summed E-state index contributed by atoms with van der Waals surface area (Å²) in [5.74, 6) is 0. The van der Waals surface area contributed by atoms with Crippen LogP contribution in [0.4, 0.5) is 5.69 Å². The Morgan fingerprint density at radius 2 is 2.22 bits per heavy atom. The van der Waals surface area contributed by atoms with E-state index in [1.54, 1.807) is 0 Å². The van der Waals surface area contributed by atoms with Crippen LogP contribution in [0.5, 0.6) is 0 Å². The van der Waals surface area contributed by atoms with E-state index in [0.717, 1.165) is 22.3 Å². The van der Waals surface area contributed by atoms with Crippen LogP contribution in [0.1, 0.15) is 11.1 Å². The highest BCUT2D eigenvalue weighted by Crippen LogP contribution is 2.27. The molecular formula is C13H17BrN4. The van der Waals surface area contributed by atoms with Crippen molar-refractivity contribution in [1.82, 2.24) is 9.78 Å². The van der Waals surface area contributed by atoms with Crippen LogP contribution in [-0.4, -0.2) is 16.8 Å². The van der Waals surface area contributed by atoms with E-state index in [1.165, 1.54) is 5.56 Å². The van der Waals surface area contributed by atoms with Crippen molar-refractivity contribution in [3.63, 3.8) is 0 Å². The average molecular weight is 309 g/mol. The normalized spacial score (nSPS) is 10.7. The molecule has 0 aliphatic heterocycles. The summed E-state index contributed by atoms with van der Waals surface area (Å²) in [4.78, 5) is 2.18. The number of aromatic nitrogens is 2. The molecule has 0 fully saturated rings. The summed E-state index contributed by atoms with van der Waals surface area (Å²) in [6, 6.07) is 6.13. The summed E-state index contributed by atoms with van der Waals surface area (Å²) in [6.07, 6.45) is 3.91. The van der Waals surface area contributed by atoms with Gasteiger partial charge in [0.25, 0.3) is 0 Å². The van der Waals surface area contributed by atoms with E-state index < -0.39 is 0 Å². The smallest absolute Gasteiger partial charge is 0.0539 e. The van der Waals surface area contributed by atoms with E-state index in [4.69, 9.17) is 5.73 Å².